The highest BCUT2D eigenvalue weighted by molar-refractivity contribution is 5.77. The van der Waals surface area contributed by atoms with Gasteiger partial charge in [0.15, 0.2) is 0 Å². The molecule has 4 nitrogen and oxygen atoms in total. The second kappa shape index (κ2) is 9.13. The van der Waals surface area contributed by atoms with Crippen molar-refractivity contribution in [1.82, 2.24) is 10.2 Å². The summed E-state index contributed by atoms with van der Waals surface area (Å²) in [5, 5.41) is 2.80. The number of amides is 1. The second-order valence-electron chi connectivity index (χ2n) is 5.88. The Hall–Kier alpha value is -2.47. The quantitative estimate of drug-likeness (QED) is 0.797. The maximum atomic E-state index is 14.3. The Morgan fingerprint density at radius 3 is 2.68 bits per heavy atom. The van der Waals surface area contributed by atoms with E-state index < -0.39 is 6.17 Å². The fourth-order valence-electron chi connectivity index (χ4n) is 2.17. The van der Waals surface area contributed by atoms with E-state index in [0.29, 0.717) is 16.9 Å². The van der Waals surface area contributed by atoms with Crippen LogP contribution in [0.1, 0.15) is 17.3 Å². The Morgan fingerprint density at radius 1 is 1.20 bits per heavy atom. The van der Waals surface area contributed by atoms with Gasteiger partial charge in [-0.25, -0.2) is 8.78 Å². The number of halogens is 2. The van der Waals surface area contributed by atoms with E-state index in [9.17, 15) is 13.6 Å². The van der Waals surface area contributed by atoms with E-state index in [2.05, 4.69) is 5.32 Å². The van der Waals surface area contributed by atoms with Gasteiger partial charge in [-0.15, -0.1) is 0 Å². The van der Waals surface area contributed by atoms with Gasteiger partial charge in [0.2, 0.25) is 5.91 Å². The predicted octanol–water partition coefficient (Wildman–Crippen LogP) is 3.09. The first-order valence-corrected chi connectivity index (χ1v) is 7.98. The van der Waals surface area contributed by atoms with Crippen molar-refractivity contribution in [3.8, 4) is 5.75 Å². The van der Waals surface area contributed by atoms with E-state index in [4.69, 9.17) is 4.74 Å². The largest absolute Gasteiger partial charge is 0.489 e. The first kappa shape index (κ1) is 18.9. The zero-order valence-corrected chi connectivity index (χ0v) is 14.3. The van der Waals surface area contributed by atoms with Crippen LogP contribution in [0.5, 0.6) is 5.75 Å². The Bertz CT molecular complexity index is 707. The number of nitrogens with one attached hydrogen (secondary N) is 1. The SMILES string of the molecule is CN(C)C(=O)CNCC(F)c1cccc(OCc2cccc(F)c2)c1. The van der Waals surface area contributed by atoms with E-state index in [-0.39, 0.29) is 31.4 Å². The Morgan fingerprint density at radius 2 is 1.96 bits per heavy atom. The highest BCUT2D eigenvalue weighted by Crippen LogP contribution is 2.22. The van der Waals surface area contributed by atoms with Gasteiger partial charge in [0.25, 0.3) is 0 Å². The van der Waals surface area contributed by atoms with Crippen LogP contribution in [0.3, 0.4) is 0 Å². The van der Waals surface area contributed by atoms with Crippen LogP contribution in [0.15, 0.2) is 48.5 Å². The molecule has 2 aromatic rings. The van der Waals surface area contributed by atoms with Crippen LogP contribution in [-0.4, -0.2) is 38.0 Å². The topological polar surface area (TPSA) is 41.6 Å². The summed E-state index contributed by atoms with van der Waals surface area (Å²) >= 11 is 0. The van der Waals surface area contributed by atoms with Crippen LogP contribution < -0.4 is 10.1 Å². The summed E-state index contributed by atoms with van der Waals surface area (Å²) in [6, 6.07) is 12.8. The molecule has 1 atom stereocenters. The molecule has 0 saturated carbocycles. The number of alkyl halides is 1. The first-order valence-electron chi connectivity index (χ1n) is 7.98. The molecule has 0 aliphatic carbocycles. The summed E-state index contributed by atoms with van der Waals surface area (Å²) in [5.74, 6) is 0.0742. The van der Waals surface area contributed by atoms with E-state index >= 15 is 0 Å². The van der Waals surface area contributed by atoms with Gasteiger partial charge in [0.1, 0.15) is 24.3 Å². The molecular formula is C19H22F2N2O2. The lowest BCUT2D eigenvalue weighted by molar-refractivity contribution is -0.127. The van der Waals surface area contributed by atoms with Gasteiger partial charge in [-0.1, -0.05) is 24.3 Å². The van der Waals surface area contributed by atoms with Gasteiger partial charge < -0.3 is 15.0 Å². The maximum absolute atomic E-state index is 14.3. The number of carbonyl (C=O) groups is 1. The summed E-state index contributed by atoms with van der Waals surface area (Å²) in [6.07, 6.45) is -1.26. The zero-order chi connectivity index (χ0) is 18.2. The molecule has 1 N–H and O–H groups in total. The van der Waals surface area contributed by atoms with Gasteiger partial charge in [-0.2, -0.15) is 0 Å². The van der Waals surface area contributed by atoms with Gasteiger partial charge in [-0.3, -0.25) is 4.79 Å². The molecule has 25 heavy (non-hydrogen) atoms. The standard InChI is InChI=1S/C19H22F2N2O2/c1-23(2)19(24)12-22-11-18(21)15-6-4-8-17(10-15)25-13-14-5-3-7-16(20)9-14/h3-10,18,22H,11-13H2,1-2H3. The number of nitrogens with zero attached hydrogens (tertiary/aromatic N) is 1. The number of benzene rings is 2. The fraction of sp³-hybridized carbons (Fsp3) is 0.316. The van der Waals surface area contributed by atoms with E-state index in [1.54, 1.807) is 50.5 Å². The molecule has 2 aromatic carbocycles. The van der Waals surface area contributed by atoms with Crippen molar-refractivity contribution in [2.24, 2.45) is 0 Å². The highest BCUT2D eigenvalue weighted by atomic mass is 19.1. The Labute approximate surface area is 146 Å². The molecule has 2 rings (SSSR count). The van der Waals surface area contributed by atoms with Crippen molar-refractivity contribution >= 4 is 5.91 Å². The molecule has 0 bridgehead atoms. The molecular weight excluding hydrogens is 326 g/mol. The number of hydrogen-bond donors (Lipinski definition) is 1. The number of hydrogen-bond acceptors (Lipinski definition) is 3. The smallest absolute Gasteiger partial charge is 0.236 e. The van der Waals surface area contributed by atoms with Crippen LogP contribution >= 0.6 is 0 Å². The lowest BCUT2D eigenvalue weighted by Crippen LogP contribution is -2.34. The zero-order valence-electron chi connectivity index (χ0n) is 14.3. The van der Waals surface area contributed by atoms with E-state index in [1.807, 2.05) is 0 Å². The summed E-state index contributed by atoms with van der Waals surface area (Å²) in [7, 11) is 3.30. The number of rotatable bonds is 8. The third-order valence-electron chi connectivity index (χ3n) is 3.61. The van der Waals surface area contributed by atoms with Crippen molar-refractivity contribution in [2.75, 3.05) is 27.2 Å². The minimum atomic E-state index is -1.26. The summed E-state index contributed by atoms with van der Waals surface area (Å²) in [4.78, 5) is 12.9. The molecule has 6 heteroatoms. The van der Waals surface area contributed by atoms with Gasteiger partial charge in [0, 0.05) is 20.6 Å². The third kappa shape index (κ3) is 6.15. The number of likely N-dealkylation sites (N-methyl/N-ethyl adjacent to an activating group) is 1. The van der Waals surface area contributed by atoms with Crippen LogP contribution in [-0.2, 0) is 11.4 Å². The van der Waals surface area contributed by atoms with Crippen molar-refractivity contribution in [3.05, 3.63) is 65.5 Å². The molecule has 0 aliphatic heterocycles. The van der Waals surface area contributed by atoms with Crippen molar-refractivity contribution in [2.45, 2.75) is 12.8 Å². The third-order valence-corrected chi connectivity index (χ3v) is 3.61. The molecule has 0 aliphatic rings. The van der Waals surface area contributed by atoms with Gasteiger partial charge in [0.05, 0.1) is 6.54 Å². The van der Waals surface area contributed by atoms with E-state index in [0.717, 1.165) is 0 Å². The molecule has 0 aromatic heterocycles. The molecule has 0 fully saturated rings. The highest BCUT2D eigenvalue weighted by Gasteiger charge is 2.12. The molecule has 0 spiro atoms. The fourth-order valence-corrected chi connectivity index (χ4v) is 2.17. The van der Waals surface area contributed by atoms with Gasteiger partial charge >= 0.3 is 0 Å². The minimum Gasteiger partial charge on any atom is -0.489 e. The second-order valence-corrected chi connectivity index (χ2v) is 5.88. The molecule has 1 unspecified atom stereocenters. The monoisotopic (exact) mass is 348 g/mol. The molecule has 0 saturated heterocycles. The minimum absolute atomic E-state index is 0.0347. The van der Waals surface area contributed by atoms with Gasteiger partial charge in [-0.05, 0) is 35.4 Å². The van der Waals surface area contributed by atoms with Crippen molar-refractivity contribution in [3.63, 3.8) is 0 Å². The summed E-state index contributed by atoms with van der Waals surface area (Å²) in [5.41, 5.74) is 1.16. The normalized spacial score (nSPS) is 11.8. The molecule has 134 valence electrons. The molecule has 0 radical (unpaired) electrons. The van der Waals surface area contributed by atoms with Crippen LogP contribution in [0.4, 0.5) is 8.78 Å². The average Bonchev–Trinajstić information content (AvgIpc) is 2.60. The van der Waals surface area contributed by atoms with Crippen LogP contribution in [0.25, 0.3) is 0 Å². The van der Waals surface area contributed by atoms with E-state index in [1.165, 1.54) is 17.0 Å². The van der Waals surface area contributed by atoms with Crippen molar-refractivity contribution < 1.29 is 18.3 Å². The Kier molecular flexibility index (Phi) is 6.89. The first-order chi connectivity index (χ1) is 12.0. The lowest BCUT2D eigenvalue weighted by atomic mass is 10.1. The predicted molar refractivity (Wildman–Crippen MR) is 92.6 cm³/mol. The number of ether oxygens (including phenoxy) is 1. The molecule has 1 amide bonds. The number of carbonyl (C=O) groups excluding carboxylic acids is 1. The maximum Gasteiger partial charge on any atom is 0.236 e. The average molecular weight is 348 g/mol. The Balaban J connectivity index is 1.88. The van der Waals surface area contributed by atoms with Crippen molar-refractivity contribution in [1.29, 1.82) is 0 Å². The summed E-state index contributed by atoms with van der Waals surface area (Å²) < 4.78 is 33.0. The molecule has 0 heterocycles. The van der Waals surface area contributed by atoms with Crippen LogP contribution in [0, 0.1) is 5.82 Å². The lowest BCUT2D eigenvalue weighted by Gasteiger charge is -2.14. The van der Waals surface area contributed by atoms with Crippen LogP contribution in [0.2, 0.25) is 0 Å². The summed E-state index contributed by atoms with van der Waals surface area (Å²) in [6.45, 7) is 0.323.